The van der Waals surface area contributed by atoms with Crippen LogP contribution in [0.3, 0.4) is 0 Å². The minimum absolute atomic E-state index is 0.160. The summed E-state index contributed by atoms with van der Waals surface area (Å²) in [5, 5.41) is 2.94. The molecule has 0 saturated carbocycles. The van der Waals surface area contributed by atoms with Crippen LogP contribution in [-0.2, 0) is 9.59 Å². The number of anilines is 2. The van der Waals surface area contributed by atoms with Gasteiger partial charge >= 0.3 is 0 Å². The molecule has 4 nitrogen and oxygen atoms in total. The number of benzene rings is 3. The van der Waals surface area contributed by atoms with Gasteiger partial charge in [0.05, 0.1) is 16.3 Å². The third-order valence-electron chi connectivity index (χ3n) is 4.91. The number of carbonyl (C=O) groups excluding carboxylic acids is 2. The summed E-state index contributed by atoms with van der Waals surface area (Å²) in [7, 11) is 0. The maximum atomic E-state index is 13.6. The lowest BCUT2D eigenvalue weighted by Gasteiger charge is -2.16. The molecule has 0 bridgehead atoms. The van der Waals surface area contributed by atoms with Crippen LogP contribution < -0.4 is 10.2 Å². The molecule has 1 N–H and O–H groups in total. The van der Waals surface area contributed by atoms with Crippen molar-refractivity contribution in [1.82, 2.24) is 0 Å². The third kappa shape index (κ3) is 3.60. The number of halogens is 2. The molecule has 1 aliphatic rings. The highest BCUT2D eigenvalue weighted by atomic mass is 35.5. The van der Waals surface area contributed by atoms with Crippen molar-refractivity contribution < 1.29 is 14.0 Å². The van der Waals surface area contributed by atoms with Crippen LogP contribution in [0.2, 0.25) is 5.02 Å². The molecular weight excluding hydrogens is 403 g/mol. The normalized spacial score (nSPS) is 13.9. The smallest absolute Gasteiger partial charge is 0.282 e. The van der Waals surface area contributed by atoms with E-state index in [1.165, 1.54) is 12.1 Å². The van der Waals surface area contributed by atoms with Crippen LogP contribution in [0.1, 0.15) is 16.7 Å². The average Bonchev–Trinajstić information content (AvgIpc) is 2.96. The molecule has 4 rings (SSSR count). The average molecular weight is 421 g/mol. The highest BCUT2D eigenvalue weighted by molar-refractivity contribution is 6.46. The second-order valence-electron chi connectivity index (χ2n) is 7.15. The van der Waals surface area contributed by atoms with Crippen molar-refractivity contribution >= 4 is 40.4 Å². The van der Waals surface area contributed by atoms with E-state index < -0.39 is 17.6 Å². The number of nitrogens with one attached hydrogen (secondary N) is 1. The summed E-state index contributed by atoms with van der Waals surface area (Å²) in [6.45, 7) is 3.91. The molecule has 6 heteroatoms. The second-order valence-corrected chi connectivity index (χ2v) is 7.56. The van der Waals surface area contributed by atoms with E-state index >= 15 is 0 Å². The summed E-state index contributed by atoms with van der Waals surface area (Å²) in [4.78, 5) is 27.6. The molecule has 0 spiro atoms. The molecule has 3 aromatic carbocycles. The summed E-state index contributed by atoms with van der Waals surface area (Å²) in [5.41, 5.74) is 4.02. The van der Waals surface area contributed by atoms with Gasteiger partial charge in [-0.05, 0) is 49.7 Å². The molecule has 0 aliphatic carbocycles. The molecule has 150 valence electrons. The van der Waals surface area contributed by atoms with E-state index in [9.17, 15) is 14.0 Å². The van der Waals surface area contributed by atoms with E-state index in [1.54, 1.807) is 12.1 Å². The fourth-order valence-corrected chi connectivity index (χ4v) is 3.45. The third-order valence-corrected chi connectivity index (χ3v) is 5.20. The van der Waals surface area contributed by atoms with Gasteiger partial charge in [0.15, 0.2) is 0 Å². The fourth-order valence-electron chi connectivity index (χ4n) is 3.27. The molecule has 0 unspecified atom stereocenters. The fraction of sp³-hybridized carbons (Fsp3) is 0.0833. The first-order valence-electron chi connectivity index (χ1n) is 9.34. The Balaban J connectivity index is 1.82. The van der Waals surface area contributed by atoms with Crippen molar-refractivity contribution in [3.63, 3.8) is 0 Å². The van der Waals surface area contributed by atoms with Crippen molar-refractivity contribution in [2.24, 2.45) is 0 Å². The Morgan fingerprint density at radius 3 is 2.03 bits per heavy atom. The predicted molar refractivity (Wildman–Crippen MR) is 117 cm³/mol. The van der Waals surface area contributed by atoms with Crippen LogP contribution in [0, 0.1) is 19.7 Å². The quantitative estimate of drug-likeness (QED) is 0.567. The molecule has 1 aliphatic heterocycles. The van der Waals surface area contributed by atoms with Gasteiger partial charge in [0.25, 0.3) is 11.8 Å². The lowest BCUT2D eigenvalue weighted by Crippen LogP contribution is -2.32. The first kappa shape index (κ1) is 19.9. The number of hydrogen-bond acceptors (Lipinski definition) is 3. The van der Waals surface area contributed by atoms with E-state index in [4.69, 9.17) is 11.6 Å². The number of aryl methyl sites for hydroxylation is 2. The van der Waals surface area contributed by atoms with Crippen LogP contribution >= 0.6 is 11.6 Å². The molecule has 0 radical (unpaired) electrons. The first-order valence-corrected chi connectivity index (χ1v) is 9.72. The van der Waals surface area contributed by atoms with Crippen molar-refractivity contribution in [2.75, 3.05) is 10.2 Å². The van der Waals surface area contributed by atoms with Gasteiger partial charge in [-0.1, -0.05) is 59.1 Å². The predicted octanol–water partition coefficient (Wildman–Crippen LogP) is 5.49. The van der Waals surface area contributed by atoms with E-state index in [2.05, 4.69) is 5.32 Å². The number of amides is 2. The summed E-state index contributed by atoms with van der Waals surface area (Å²) in [5.74, 6) is -1.65. The minimum Gasteiger partial charge on any atom is -0.350 e. The lowest BCUT2D eigenvalue weighted by molar-refractivity contribution is -0.120. The number of carbonyl (C=O) groups is 2. The molecule has 0 saturated heterocycles. The van der Waals surface area contributed by atoms with Crippen LogP contribution in [0.25, 0.3) is 5.57 Å². The van der Waals surface area contributed by atoms with Crippen LogP contribution in [0.15, 0.2) is 72.4 Å². The Bertz CT molecular complexity index is 1180. The van der Waals surface area contributed by atoms with E-state index in [1.807, 2.05) is 50.2 Å². The Labute approximate surface area is 178 Å². The lowest BCUT2D eigenvalue weighted by atomic mass is 10.0. The Hall–Kier alpha value is -3.44. The van der Waals surface area contributed by atoms with Gasteiger partial charge in [0, 0.05) is 5.69 Å². The topological polar surface area (TPSA) is 49.4 Å². The summed E-state index contributed by atoms with van der Waals surface area (Å²) in [6, 6.07) is 18.6. The number of hydrogen-bond donors (Lipinski definition) is 1. The zero-order chi connectivity index (χ0) is 21.4. The number of nitrogens with zero attached hydrogens (tertiary/aromatic N) is 1. The molecule has 3 aromatic rings. The van der Waals surface area contributed by atoms with E-state index in [-0.39, 0.29) is 22.0 Å². The van der Waals surface area contributed by atoms with Crippen LogP contribution in [0.5, 0.6) is 0 Å². The molecule has 0 atom stereocenters. The van der Waals surface area contributed by atoms with Crippen molar-refractivity contribution in [3.05, 3.63) is 100.0 Å². The SMILES string of the molecule is Cc1ccc(NC2=C(c3ccc(C)cc3)C(=O)N(c3ccc(F)c(Cl)c3)C2=O)cc1. The molecule has 0 fully saturated rings. The van der Waals surface area contributed by atoms with Gasteiger partial charge in [0.2, 0.25) is 0 Å². The van der Waals surface area contributed by atoms with E-state index in [0.717, 1.165) is 22.1 Å². The van der Waals surface area contributed by atoms with E-state index in [0.29, 0.717) is 11.3 Å². The maximum Gasteiger partial charge on any atom is 0.282 e. The molecular formula is C24H18ClFN2O2. The van der Waals surface area contributed by atoms with Gasteiger partial charge in [-0.2, -0.15) is 0 Å². The van der Waals surface area contributed by atoms with Gasteiger partial charge in [0.1, 0.15) is 11.5 Å². The summed E-state index contributed by atoms with van der Waals surface area (Å²) in [6.07, 6.45) is 0. The Morgan fingerprint density at radius 2 is 1.43 bits per heavy atom. The van der Waals surface area contributed by atoms with Crippen LogP contribution in [-0.4, -0.2) is 11.8 Å². The van der Waals surface area contributed by atoms with Gasteiger partial charge in [-0.15, -0.1) is 0 Å². The highest BCUT2D eigenvalue weighted by Gasteiger charge is 2.40. The van der Waals surface area contributed by atoms with Crippen LogP contribution in [0.4, 0.5) is 15.8 Å². The molecule has 30 heavy (non-hydrogen) atoms. The largest absolute Gasteiger partial charge is 0.350 e. The summed E-state index contributed by atoms with van der Waals surface area (Å²) >= 11 is 5.89. The van der Waals surface area contributed by atoms with Gasteiger partial charge < -0.3 is 5.32 Å². The molecule has 1 heterocycles. The Kier molecular flexibility index (Phi) is 5.14. The maximum absolute atomic E-state index is 13.6. The number of imide groups is 1. The van der Waals surface area contributed by atoms with Crippen molar-refractivity contribution in [3.8, 4) is 0 Å². The highest BCUT2D eigenvalue weighted by Crippen LogP contribution is 2.35. The zero-order valence-corrected chi connectivity index (χ0v) is 17.1. The summed E-state index contributed by atoms with van der Waals surface area (Å²) < 4.78 is 13.6. The second kappa shape index (κ2) is 7.76. The van der Waals surface area contributed by atoms with Gasteiger partial charge in [-0.3, -0.25) is 9.59 Å². The number of rotatable bonds is 4. The minimum atomic E-state index is -0.621. The van der Waals surface area contributed by atoms with Gasteiger partial charge in [-0.25, -0.2) is 9.29 Å². The monoisotopic (exact) mass is 420 g/mol. The van der Waals surface area contributed by atoms with Crippen molar-refractivity contribution in [2.45, 2.75) is 13.8 Å². The Morgan fingerprint density at radius 1 is 0.833 bits per heavy atom. The van der Waals surface area contributed by atoms with Crippen molar-refractivity contribution in [1.29, 1.82) is 0 Å². The first-order chi connectivity index (χ1) is 14.3. The molecule has 2 amide bonds. The molecule has 0 aromatic heterocycles. The standard InChI is InChI=1S/C24H18ClFN2O2/c1-14-3-7-16(8-4-14)21-22(27-17-9-5-15(2)6-10-17)24(30)28(23(21)29)18-11-12-20(26)19(25)13-18/h3-13,27H,1-2H3. The zero-order valence-electron chi connectivity index (χ0n) is 16.4.